The van der Waals surface area contributed by atoms with Crippen molar-refractivity contribution in [2.75, 3.05) is 13.2 Å². The number of nitrogens with zero attached hydrogens (tertiary/aromatic N) is 2. The Morgan fingerprint density at radius 1 is 1.32 bits per heavy atom. The average Bonchev–Trinajstić information content (AvgIpc) is 2.93. The second-order valence-electron chi connectivity index (χ2n) is 4.42. The quantitative estimate of drug-likeness (QED) is 0.831. The van der Waals surface area contributed by atoms with Crippen LogP contribution >= 0.6 is 0 Å². The molecular formula is C15H21N3O. The van der Waals surface area contributed by atoms with Gasteiger partial charge in [0.1, 0.15) is 5.75 Å². The van der Waals surface area contributed by atoms with E-state index in [0.29, 0.717) is 6.61 Å². The van der Waals surface area contributed by atoms with Crippen molar-refractivity contribution >= 4 is 0 Å². The van der Waals surface area contributed by atoms with Gasteiger partial charge in [0.15, 0.2) is 0 Å². The minimum absolute atomic E-state index is 0.262. The van der Waals surface area contributed by atoms with Crippen molar-refractivity contribution in [2.24, 2.45) is 0 Å². The van der Waals surface area contributed by atoms with E-state index in [-0.39, 0.29) is 6.04 Å². The fourth-order valence-electron chi connectivity index (χ4n) is 2.06. The lowest BCUT2D eigenvalue weighted by atomic mass is 10.1. The van der Waals surface area contributed by atoms with Crippen LogP contribution in [0.15, 0.2) is 42.7 Å². The minimum atomic E-state index is 0.262. The normalized spacial score (nSPS) is 12.3. The van der Waals surface area contributed by atoms with Crippen molar-refractivity contribution in [2.45, 2.75) is 26.4 Å². The summed E-state index contributed by atoms with van der Waals surface area (Å²) in [6.07, 6.45) is 3.77. The predicted octanol–water partition coefficient (Wildman–Crippen LogP) is 2.63. The summed E-state index contributed by atoms with van der Waals surface area (Å²) in [6, 6.07) is 10.4. The van der Waals surface area contributed by atoms with Crippen molar-refractivity contribution in [1.29, 1.82) is 0 Å². The van der Waals surface area contributed by atoms with Crippen LogP contribution in [0.2, 0.25) is 0 Å². The van der Waals surface area contributed by atoms with Gasteiger partial charge in [0, 0.05) is 30.5 Å². The van der Waals surface area contributed by atoms with Gasteiger partial charge in [-0.3, -0.25) is 4.68 Å². The summed E-state index contributed by atoms with van der Waals surface area (Å²) in [7, 11) is 0. The van der Waals surface area contributed by atoms with Crippen LogP contribution in [0.1, 0.15) is 25.5 Å². The SMILES string of the molecule is CCOc1ccccc1C(C)NCCn1cccn1. The van der Waals surface area contributed by atoms with Crippen LogP contribution < -0.4 is 10.1 Å². The van der Waals surface area contributed by atoms with Gasteiger partial charge >= 0.3 is 0 Å². The third-order valence-corrected chi connectivity index (χ3v) is 3.04. The largest absolute Gasteiger partial charge is 0.494 e. The number of hydrogen-bond acceptors (Lipinski definition) is 3. The molecule has 1 aromatic carbocycles. The van der Waals surface area contributed by atoms with Crippen LogP contribution in [0.5, 0.6) is 5.75 Å². The number of para-hydroxylation sites is 1. The van der Waals surface area contributed by atoms with Crippen molar-refractivity contribution < 1.29 is 4.74 Å². The molecule has 1 atom stereocenters. The van der Waals surface area contributed by atoms with E-state index in [1.54, 1.807) is 6.20 Å². The van der Waals surface area contributed by atoms with Gasteiger partial charge in [-0.15, -0.1) is 0 Å². The van der Waals surface area contributed by atoms with E-state index in [9.17, 15) is 0 Å². The van der Waals surface area contributed by atoms with E-state index < -0.39 is 0 Å². The van der Waals surface area contributed by atoms with Gasteiger partial charge in [-0.25, -0.2) is 0 Å². The Bertz CT molecular complexity index is 482. The predicted molar refractivity (Wildman–Crippen MR) is 76.3 cm³/mol. The molecule has 102 valence electrons. The Balaban J connectivity index is 1.90. The van der Waals surface area contributed by atoms with E-state index in [1.807, 2.05) is 42.1 Å². The second kappa shape index (κ2) is 6.95. The Hall–Kier alpha value is -1.81. The molecule has 1 aromatic heterocycles. The molecule has 1 unspecified atom stereocenters. The molecule has 0 saturated carbocycles. The van der Waals surface area contributed by atoms with E-state index in [4.69, 9.17) is 4.74 Å². The fraction of sp³-hybridized carbons (Fsp3) is 0.400. The molecule has 4 heteroatoms. The fourth-order valence-corrected chi connectivity index (χ4v) is 2.06. The highest BCUT2D eigenvalue weighted by Crippen LogP contribution is 2.24. The summed E-state index contributed by atoms with van der Waals surface area (Å²) in [4.78, 5) is 0. The highest BCUT2D eigenvalue weighted by molar-refractivity contribution is 5.35. The van der Waals surface area contributed by atoms with Crippen LogP contribution in [0.25, 0.3) is 0 Å². The Labute approximate surface area is 114 Å². The lowest BCUT2D eigenvalue weighted by Gasteiger charge is -2.18. The zero-order chi connectivity index (χ0) is 13.5. The maximum atomic E-state index is 5.65. The van der Waals surface area contributed by atoms with Gasteiger partial charge in [-0.1, -0.05) is 18.2 Å². The summed E-state index contributed by atoms with van der Waals surface area (Å²) in [6.45, 7) is 6.60. The molecule has 0 amide bonds. The second-order valence-corrected chi connectivity index (χ2v) is 4.42. The van der Waals surface area contributed by atoms with Gasteiger partial charge in [-0.2, -0.15) is 5.10 Å². The molecule has 2 rings (SSSR count). The van der Waals surface area contributed by atoms with Crippen molar-refractivity contribution in [1.82, 2.24) is 15.1 Å². The number of ether oxygens (including phenoxy) is 1. The lowest BCUT2D eigenvalue weighted by Crippen LogP contribution is -2.24. The third-order valence-electron chi connectivity index (χ3n) is 3.04. The van der Waals surface area contributed by atoms with Gasteiger partial charge in [0.05, 0.1) is 13.2 Å². The summed E-state index contributed by atoms with van der Waals surface area (Å²) >= 11 is 0. The number of nitrogens with one attached hydrogen (secondary N) is 1. The van der Waals surface area contributed by atoms with Crippen molar-refractivity contribution in [3.05, 3.63) is 48.3 Å². The average molecular weight is 259 g/mol. The molecule has 19 heavy (non-hydrogen) atoms. The molecular weight excluding hydrogens is 238 g/mol. The molecule has 1 heterocycles. The third kappa shape index (κ3) is 3.83. The van der Waals surface area contributed by atoms with Crippen LogP contribution in [-0.4, -0.2) is 22.9 Å². The topological polar surface area (TPSA) is 39.1 Å². The summed E-state index contributed by atoms with van der Waals surface area (Å²) < 4.78 is 7.58. The van der Waals surface area contributed by atoms with Gasteiger partial charge < -0.3 is 10.1 Å². The smallest absolute Gasteiger partial charge is 0.124 e. The first-order valence-corrected chi connectivity index (χ1v) is 6.73. The molecule has 0 spiro atoms. The summed E-state index contributed by atoms with van der Waals surface area (Å²) in [5.41, 5.74) is 1.20. The van der Waals surface area contributed by atoms with E-state index in [2.05, 4.69) is 23.4 Å². The molecule has 4 nitrogen and oxygen atoms in total. The number of aromatic nitrogens is 2. The zero-order valence-corrected chi connectivity index (χ0v) is 11.5. The molecule has 0 aliphatic carbocycles. The van der Waals surface area contributed by atoms with Gasteiger partial charge in [0.2, 0.25) is 0 Å². The molecule has 0 fully saturated rings. The number of hydrogen-bond donors (Lipinski definition) is 1. The number of benzene rings is 1. The van der Waals surface area contributed by atoms with E-state index >= 15 is 0 Å². The number of rotatable bonds is 7. The highest BCUT2D eigenvalue weighted by atomic mass is 16.5. The molecule has 0 radical (unpaired) electrons. The van der Waals surface area contributed by atoms with E-state index in [0.717, 1.165) is 18.8 Å². The van der Waals surface area contributed by atoms with Crippen molar-refractivity contribution in [3.8, 4) is 5.75 Å². The standard InChI is InChI=1S/C15H21N3O/c1-3-19-15-8-5-4-7-14(15)13(2)16-10-12-18-11-6-9-17-18/h4-9,11,13,16H,3,10,12H2,1-2H3. The lowest BCUT2D eigenvalue weighted by molar-refractivity contribution is 0.332. The van der Waals surface area contributed by atoms with Crippen LogP contribution in [0.4, 0.5) is 0 Å². The highest BCUT2D eigenvalue weighted by Gasteiger charge is 2.10. The first kappa shape index (κ1) is 13.6. The van der Waals surface area contributed by atoms with Crippen molar-refractivity contribution in [3.63, 3.8) is 0 Å². The summed E-state index contributed by atoms with van der Waals surface area (Å²) in [5, 5.41) is 7.68. The van der Waals surface area contributed by atoms with E-state index in [1.165, 1.54) is 5.56 Å². The maximum Gasteiger partial charge on any atom is 0.124 e. The summed E-state index contributed by atoms with van der Waals surface area (Å²) in [5.74, 6) is 0.962. The molecule has 1 N–H and O–H groups in total. The first-order chi connectivity index (χ1) is 9.31. The molecule has 0 bridgehead atoms. The van der Waals surface area contributed by atoms with Crippen LogP contribution in [0, 0.1) is 0 Å². The monoisotopic (exact) mass is 259 g/mol. The maximum absolute atomic E-state index is 5.65. The van der Waals surface area contributed by atoms with Gasteiger partial charge in [0.25, 0.3) is 0 Å². The minimum Gasteiger partial charge on any atom is -0.494 e. The first-order valence-electron chi connectivity index (χ1n) is 6.73. The van der Waals surface area contributed by atoms with Gasteiger partial charge in [-0.05, 0) is 26.0 Å². The molecule has 0 aliphatic heterocycles. The zero-order valence-electron chi connectivity index (χ0n) is 11.5. The molecule has 0 saturated heterocycles. The molecule has 2 aromatic rings. The Morgan fingerprint density at radius 3 is 2.89 bits per heavy atom. The Morgan fingerprint density at radius 2 is 2.16 bits per heavy atom. The molecule has 0 aliphatic rings. The Kier molecular flexibility index (Phi) is 4.98. The van der Waals surface area contributed by atoms with Crippen LogP contribution in [-0.2, 0) is 6.54 Å². The van der Waals surface area contributed by atoms with Crippen LogP contribution in [0.3, 0.4) is 0 Å².